The zero-order valence-corrected chi connectivity index (χ0v) is 13.7. The molecule has 1 saturated carbocycles. The van der Waals surface area contributed by atoms with Crippen LogP contribution in [0.25, 0.3) is 0 Å². The van der Waals surface area contributed by atoms with E-state index < -0.39 is 11.7 Å². The van der Waals surface area contributed by atoms with Crippen molar-refractivity contribution in [1.29, 1.82) is 0 Å². The summed E-state index contributed by atoms with van der Waals surface area (Å²) in [5, 5.41) is 15.2. The molecule has 0 saturated heterocycles. The molecule has 1 aromatic rings. The lowest BCUT2D eigenvalue weighted by Crippen LogP contribution is -2.43. The lowest BCUT2D eigenvalue weighted by atomic mass is 9.92. The Morgan fingerprint density at radius 1 is 1.38 bits per heavy atom. The molecule has 2 atom stereocenters. The van der Waals surface area contributed by atoms with E-state index in [1.54, 1.807) is 0 Å². The minimum Gasteiger partial charge on any atom is -0.390 e. The molecule has 0 amide bonds. The zero-order chi connectivity index (χ0) is 15.3. The fourth-order valence-corrected chi connectivity index (χ4v) is 3.21. The summed E-state index contributed by atoms with van der Waals surface area (Å²) < 4.78 is 7.85. The number of rotatable bonds is 7. The van der Waals surface area contributed by atoms with E-state index in [9.17, 15) is 5.11 Å². The summed E-state index contributed by atoms with van der Waals surface area (Å²) >= 11 is 0. The second kappa shape index (κ2) is 7.41. The highest BCUT2D eigenvalue weighted by Crippen LogP contribution is 2.28. The van der Waals surface area contributed by atoms with Gasteiger partial charge in [0.15, 0.2) is 0 Å². The van der Waals surface area contributed by atoms with Gasteiger partial charge in [-0.25, -0.2) is 0 Å². The standard InChI is InChI=1S/C17H30N2O2/c1-4-17(3,21-5-2)16(20)13-14-11-12-19(18-14)15-9-7-6-8-10-15/h11-12,15-16,20H,4-10,13H2,1-3H3. The molecule has 4 heteroatoms. The average molecular weight is 294 g/mol. The van der Waals surface area contributed by atoms with Crippen LogP contribution in [0, 0.1) is 0 Å². The van der Waals surface area contributed by atoms with Crippen LogP contribution in [0.2, 0.25) is 0 Å². The Morgan fingerprint density at radius 3 is 2.71 bits per heavy atom. The number of nitrogens with zero attached hydrogens (tertiary/aromatic N) is 2. The first-order valence-electron chi connectivity index (χ1n) is 8.45. The van der Waals surface area contributed by atoms with Crippen LogP contribution in [-0.2, 0) is 11.2 Å². The second-order valence-electron chi connectivity index (χ2n) is 6.40. The number of aliphatic hydroxyl groups excluding tert-OH is 1. The van der Waals surface area contributed by atoms with Gasteiger partial charge in [-0.2, -0.15) is 5.10 Å². The molecule has 1 heterocycles. The van der Waals surface area contributed by atoms with Crippen molar-refractivity contribution in [3.63, 3.8) is 0 Å². The van der Waals surface area contributed by atoms with Gasteiger partial charge in [0.1, 0.15) is 0 Å². The Bertz CT molecular complexity index is 426. The maximum Gasteiger partial charge on any atom is 0.0913 e. The van der Waals surface area contributed by atoms with Crippen LogP contribution in [0.3, 0.4) is 0 Å². The van der Waals surface area contributed by atoms with Crippen molar-refractivity contribution in [2.45, 2.75) is 83.5 Å². The van der Waals surface area contributed by atoms with Gasteiger partial charge in [-0.1, -0.05) is 26.2 Å². The highest BCUT2D eigenvalue weighted by atomic mass is 16.5. The molecular formula is C17H30N2O2. The van der Waals surface area contributed by atoms with Gasteiger partial charge < -0.3 is 9.84 Å². The summed E-state index contributed by atoms with van der Waals surface area (Å²) in [6, 6.07) is 2.59. The minimum absolute atomic E-state index is 0.483. The van der Waals surface area contributed by atoms with E-state index in [0.29, 0.717) is 19.1 Å². The van der Waals surface area contributed by atoms with E-state index in [1.807, 2.05) is 19.9 Å². The van der Waals surface area contributed by atoms with Crippen LogP contribution in [0.1, 0.15) is 71.0 Å². The third-order valence-electron chi connectivity index (χ3n) is 4.90. The number of aliphatic hydroxyl groups is 1. The Balaban J connectivity index is 1.98. The quantitative estimate of drug-likeness (QED) is 0.837. The van der Waals surface area contributed by atoms with Crippen molar-refractivity contribution >= 4 is 0 Å². The van der Waals surface area contributed by atoms with E-state index >= 15 is 0 Å². The predicted molar refractivity (Wildman–Crippen MR) is 84.4 cm³/mol. The number of ether oxygens (including phenoxy) is 1. The van der Waals surface area contributed by atoms with Crippen LogP contribution < -0.4 is 0 Å². The number of hydrogen-bond acceptors (Lipinski definition) is 3. The van der Waals surface area contributed by atoms with E-state index in [-0.39, 0.29) is 0 Å². The van der Waals surface area contributed by atoms with Crippen molar-refractivity contribution in [2.75, 3.05) is 6.61 Å². The minimum atomic E-state index is -0.517. The van der Waals surface area contributed by atoms with Crippen molar-refractivity contribution in [1.82, 2.24) is 9.78 Å². The maximum atomic E-state index is 10.5. The summed E-state index contributed by atoms with van der Waals surface area (Å²) in [6.45, 7) is 6.63. The third kappa shape index (κ3) is 4.07. The van der Waals surface area contributed by atoms with Gasteiger partial charge in [0.05, 0.1) is 23.4 Å². The highest BCUT2D eigenvalue weighted by molar-refractivity contribution is 5.04. The summed E-state index contributed by atoms with van der Waals surface area (Å²) in [6.07, 6.45) is 9.34. The fourth-order valence-electron chi connectivity index (χ4n) is 3.21. The van der Waals surface area contributed by atoms with E-state index in [2.05, 4.69) is 22.9 Å². The molecule has 1 aromatic heterocycles. The van der Waals surface area contributed by atoms with Crippen molar-refractivity contribution in [3.05, 3.63) is 18.0 Å². The van der Waals surface area contributed by atoms with E-state index in [4.69, 9.17) is 4.74 Å². The van der Waals surface area contributed by atoms with E-state index in [0.717, 1.165) is 12.1 Å². The van der Waals surface area contributed by atoms with E-state index in [1.165, 1.54) is 32.1 Å². The SMILES string of the molecule is CCOC(C)(CC)C(O)Cc1ccn(C2CCCCC2)n1. The molecule has 120 valence electrons. The molecule has 0 radical (unpaired) electrons. The Morgan fingerprint density at radius 2 is 2.10 bits per heavy atom. The Kier molecular flexibility index (Phi) is 5.82. The van der Waals surface area contributed by atoms with Gasteiger partial charge in [0.25, 0.3) is 0 Å². The molecule has 1 aliphatic carbocycles. The second-order valence-corrected chi connectivity index (χ2v) is 6.40. The van der Waals surface area contributed by atoms with Crippen molar-refractivity contribution < 1.29 is 9.84 Å². The van der Waals surface area contributed by atoms with Gasteiger partial charge in [0.2, 0.25) is 0 Å². The molecule has 21 heavy (non-hydrogen) atoms. The summed E-state index contributed by atoms with van der Waals surface area (Å²) in [7, 11) is 0. The third-order valence-corrected chi connectivity index (χ3v) is 4.90. The van der Waals surface area contributed by atoms with Crippen LogP contribution in [0.5, 0.6) is 0 Å². The number of aromatic nitrogens is 2. The van der Waals surface area contributed by atoms with Crippen LogP contribution in [0.4, 0.5) is 0 Å². The molecule has 0 aliphatic heterocycles. The van der Waals surface area contributed by atoms with Crippen LogP contribution >= 0.6 is 0 Å². The topological polar surface area (TPSA) is 47.3 Å². The fraction of sp³-hybridized carbons (Fsp3) is 0.824. The molecule has 1 fully saturated rings. The lowest BCUT2D eigenvalue weighted by molar-refractivity contribution is -0.110. The smallest absolute Gasteiger partial charge is 0.0913 e. The number of hydrogen-bond donors (Lipinski definition) is 1. The Labute approximate surface area is 128 Å². The Hall–Kier alpha value is -0.870. The summed E-state index contributed by atoms with van der Waals surface area (Å²) in [5.74, 6) is 0. The molecule has 1 N–H and O–H groups in total. The first kappa shape index (κ1) is 16.5. The maximum absolute atomic E-state index is 10.5. The monoisotopic (exact) mass is 294 g/mol. The summed E-state index contributed by atoms with van der Waals surface area (Å²) in [4.78, 5) is 0. The highest BCUT2D eigenvalue weighted by Gasteiger charge is 2.32. The van der Waals surface area contributed by atoms with Crippen molar-refractivity contribution in [2.24, 2.45) is 0 Å². The normalized spacial score (nSPS) is 21.1. The molecule has 2 rings (SSSR count). The molecule has 0 aromatic carbocycles. The molecule has 0 spiro atoms. The van der Waals surface area contributed by atoms with Gasteiger partial charge in [0, 0.05) is 19.2 Å². The molecular weight excluding hydrogens is 264 g/mol. The first-order chi connectivity index (χ1) is 10.1. The first-order valence-corrected chi connectivity index (χ1v) is 8.45. The van der Waals surface area contributed by atoms with Crippen LogP contribution in [-0.4, -0.2) is 33.2 Å². The average Bonchev–Trinajstić information content (AvgIpc) is 2.96. The van der Waals surface area contributed by atoms with Gasteiger partial charge >= 0.3 is 0 Å². The molecule has 0 bridgehead atoms. The predicted octanol–water partition coefficient (Wildman–Crippen LogP) is 3.50. The molecule has 4 nitrogen and oxygen atoms in total. The summed E-state index contributed by atoms with van der Waals surface area (Å²) in [5.41, 5.74) is 0.482. The lowest BCUT2D eigenvalue weighted by Gasteiger charge is -2.33. The van der Waals surface area contributed by atoms with Gasteiger partial charge in [-0.3, -0.25) is 4.68 Å². The largest absolute Gasteiger partial charge is 0.390 e. The van der Waals surface area contributed by atoms with Gasteiger partial charge in [-0.05, 0) is 39.2 Å². The zero-order valence-electron chi connectivity index (χ0n) is 13.7. The molecule has 2 unspecified atom stereocenters. The molecule has 1 aliphatic rings. The van der Waals surface area contributed by atoms with Crippen molar-refractivity contribution in [3.8, 4) is 0 Å². The van der Waals surface area contributed by atoms with Gasteiger partial charge in [-0.15, -0.1) is 0 Å². The van der Waals surface area contributed by atoms with Crippen LogP contribution in [0.15, 0.2) is 12.3 Å².